The Labute approximate surface area is 107 Å². The molecule has 6 heteroatoms. The fourth-order valence-electron chi connectivity index (χ4n) is 1.40. The monoisotopic (exact) mass is 270 g/mol. The molecule has 100 valence electrons. The Bertz CT molecular complexity index is 532. The normalized spacial score (nSPS) is 14.0. The molecule has 1 atom stereocenters. The average molecular weight is 270 g/mol. The van der Waals surface area contributed by atoms with Crippen LogP contribution in [0.2, 0.25) is 0 Å². The summed E-state index contributed by atoms with van der Waals surface area (Å²) in [6.45, 7) is 5.76. The second kappa shape index (κ2) is 5.07. The Balaban J connectivity index is 3.02. The molecule has 0 aromatic heterocycles. The summed E-state index contributed by atoms with van der Waals surface area (Å²) in [5, 5.41) is 8.04. The molecule has 5 nitrogen and oxygen atoms in total. The highest BCUT2D eigenvalue weighted by Gasteiger charge is 2.24. The van der Waals surface area contributed by atoms with Crippen LogP contribution in [0.5, 0.6) is 0 Å². The lowest BCUT2D eigenvalue weighted by molar-refractivity contribution is -0.110. The number of benzene rings is 1. The Morgan fingerprint density at radius 1 is 1.33 bits per heavy atom. The van der Waals surface area contributed by atoms with E-state index in [4.69, 9.17) is 5.14 Å². The van der Waals surface area contributed by atoms with E-state index in [2.05, 4.69) is 5.32 Å². The maximum Gasteiger partial charge on any atom is 0.238 e. The molecule has 0 saturated heterocycles. The quantitative estimate of drug-likeness (QED) is 0.808. The third-order valence-corrected chi connectivity index (χ3v) is 3.46. The summed E-state index contributed by atoms with van der Waals surface area (Å²) >= 11 is 0. The Hall–Kier alpha value is -1.40. The number of rotatable bonds is 4. The topological polar surface area (TPSA) is 89.3 Å². The van der Waals surface area contributed by atoms with Crippen molar-refractivity contribution in [2.24, 2.45) is 10.6 Å². The van der Waals surface area contributed by atoms with Crippen molar-refractivity contribution in [2.75, 3.05) is 5.32 Å². The van der Waals surface area contributed by atoms with Gasteiger partial charge < -0.3 is 10.1 Å². The smallest absolute Gasteiger partial charge is 0.238 e. The standard InChI is InChI=1S/C12H18N2O3S/c1-12(2,3)11(8-15)14-9-5-4-6-10(7-9)18(13,16)17/h4-8,11,14H,1-3H3,(H2,13,16,17). The highest BCUT2D eigenvalue weighted by Crippen LogP contribution is 2.23. The summed E-state index contributed by atoms with van der Waals surface area (Å²) in [5.41, 5.74) is 0.285. The lowest BCUT2D eigenvalue weighted by atomic mass is 9.87. The number of nitrogens with two attached hydrogens (primary N) is 1. The first kappa shape index (κ1) is 14.7. The van der Waals surface area contributed by atoms with Crippen LogP contribution < -0.4 is 10.5 Å². The van der Waals surface area contributed by atoms with E-state index in [1.54, 1.807) is 12.1 Å². The molecule has 0 bridgehead atoms. The molecule has 0 fully saturated rings. The molecule has 0 saturated carbocycles. The van der Waals surface area contributed by atoms with Crippen LogP contribution in [0.25, 0.3) is 0 Å². The van der Waals surface area contributed by atoms with E-state index in [0.717, 1.165) is 6.29 Å². The number of hydrogen-bond donors (Lipinski definition) is 2. The third-order valence-electron chi connectivity index (χ3n) is 2.55. The van der Waals surface area contributed by atoms with Crippen molar-refractivity contribution in [3.05, 3.63) is 24.3 Å². The van der Waals surface area contributed by atoms with Gasteiger partial charge in [-0.15, -0.1) is 0 Å². The van der Waals surface area contributed by atoms with E-state index in [-0.39, 0.29) is 10.3 Å². The zero-order chi connectivity index (χ0) is 14.0. The van der Waals surface area contributed by atoms with Gasteiger partial charge in [-0.3, -0.25) is 0 Å². The molecule has 0 spiro atoms. The van der Waals surface area contributed by atoms with Gasteiger partial charge in [0.05, 0.1) is 10.9 Å². The molecule has 0 aliphatic heterocycles. The van der Waals surface area contributed by atoms with Crippen LogP contribution in [0.3, 0.4) is 0 Å². The van der Waals surface area contributed by atoms with Crippen LogP contribution in [0, 0.1) is 5.41 Å². The van der Waals surface area contributed by atoms with Gasteiger partial charge in [0.2, 0.25) is 10.0 Å². The number of primary sulfonamides is 1. The molecule has 3 N–H and O–H groups in total. The zero-order valence-electron chi connectivity index (χ0n) is 10.7. The van der Waals surface area contributed by atoms with Crippen LogP contribution in [-0.2, 0) is 14.8 Å². The van der Waals surface area contributed by atoms with Crippen molar-refractivity contribution in [1.82, 2.24) is 0 Å². The molecular formula is C12H18N2O3S. The number of anilines is 1. The molecular weight excluding hydrogens is 252 g/mol. The maximum absolute atomic E-state index is 11.2. The van der Waals surface area contributed by atoms with Gasteiger partial charge in [0, 0.05) is 5.69 Å². The number of carbonyl (C=O) groups excluding carboxylic acids is 1. The molecule has 18 heavy (non-hydrogen) atoms. The predicted molar refractivity (Wildman–Crippen MR) is 70.7 cm³/mol. The second-order valence-corrected chi connectivity index (χ2v) is 6.76. The van der Waals surface area contributed by atoms with E-state index in [1.165, 1.54) is 12.1 Å². The van der Waals surface area contributed by atoms with Crippen LogP contribution in [0.4, 0.5) is 5.69 Å². The largest absolute Gasteiger partial charge is 0.375 e. The first-order valence-electron chi connectivity index (χ1n) is 5.49. The van der Waals surface area contributed by atoms with Crippen molar-refractivity contribution in [2.45, 2.75) is 31.7 Å². The first-order chi connectivity index (χ1) is 8.14. The minimum atomic E-state index is -3.73. The summed E-state index contributed by atoms with van der Waals surface area (Å²) in [7, 11) is -3.73. The van der Waals surface area contributed by atoms with Crippen LogP contribution in [-0.4, -0.2) is 20.7 Å². The van der Waals surface area contributed by atoms with Crippen LogP contribution in [0.15, 0.2) is 29.2 Å². The molecule has 0 amide bonds. The molecule has 1 aromatic carbocycles. The molecule has 1 rings (SSSR count). The number of nitrogens with one attached hydrogen (secondary N) is 1. The van der Waals surface area contributed by atoms with E-state index >= 15 is 0 Å². The maximum atomic E-state index is 11.2. The molecule has 0 aliphatic rings. The molecule has 1 aromatic rings. The Morgan fingerprint density at radius 2 is 1.94 bits per heavy atom. The Kier molecular flexibility index (Phi) is 4.13. The number of carbonyl (C=O) groups is 1. The van der Waals surface area contributed by atoms with Crippen LogP contribution in [0.1, 0.15) is 20.8 Å². The van der Waals surface area contributed by atoms with Gasteiger partial charge in [-0.05, 0) is 23.6 Å². The number of sulfonamides is 1. The Morgan fingerprint density at radius 3 is 2.39 bits per heavy atom. The van der Waals surface area contributed by atoms with Gasteiger partial charge in [-0.1, -0.05) is 26.8 Å². The SMILES string of the molecule is CC(C)(C)C(C=O)Nc1cccc(S(N)(=O)=O)c1. The van der Waals surface area contributed by atoms with Crippen molar-refractivity contribution >= 4 is 22.0 Å². The predicted octanol–water partition coefficient (Wildman–Crippen LogP) is 1.36. The summed E-state index contributed by atoms with van der Waals surface area (Å²) in [5.74, 6) is 0. The summed E-state index contributed by atoms with van der Waals surface area (Å²) < 4.78 is 22.4. The second-order valence-electron chi connectivity index (χ2n) is 5.20. The van der Waals surface area contributed by atoms with Gasteiger partial charge >= 0.3 is 0 Å². The highest BCUT2D eigenvalue weighted by molar-refractivity contribution is 7.89. The molecule has 1 unspecified atom stereocenters. The van der Waals surface area contributed by atoms with E-state index in [1.807, 2.05) is 20.8 Å². The van der Waals surface area contributed by atoms with Gasteiger partial charge in [0.1, 0.15) is 6.29 Å². The van der Waals surface area contributed by atoms with E-state index in [9.17, 15) is 13.2 Å². The van der Waals surface area contributed by atoms with Crippen molar-refractivity contribution in [3.8, 4) is 0 Å². The lowest BCUT2D eigenvalue weighted by Gasteiger charge is -2.27. The van der Waals surface area contributed by atoms with E-state index < -0.39 is 16.1 Å². The highest BCUT2D eigenvalue weighted by atomic mass is 32.2. The summed E-state index contributed by atoms with van der Waals surface area (Å²) in [4.78, 5) is 11.1. The zero-order valence-corrected chi connectivity index (χ0v) is 11.5. The first-order valence-corrected chi connectivity index (χ1v) is 7.04. The van der Waals surface area contributed by atoms with Gasteiger partial charge in [-0.25, -0.2) is 13.6 Å². The van der Waals surface area contributed by atoms with Crippen molar-refractivity contribution in [3.63, 3.8) is 0 Å². The lowest BCUT2D eigenvalue weighted by Crippen LogP contribution is -2.35. The van der Waals surface area contributed by atoms with Gasteiger partial charge in [-0.2, -0.15) is 0 Å². The van der Waals surface area contributed by atoms with Gasteiger partial charge in [0.15, 0.2) is 0 Å². The molecule has 0 aliphatic carbocycles. The molecule has 0 heterocycles. The third kappa shape index (κ3) is 3.82. The summed E-state index contributed by atoms with van der Waals surface area (Å²) in [6.07, 6.45) is 0.809. The minimum absolute atomic E-state index is 0.0195. The van der Waals surface area contributed by atoms with Crippen LogP contribution >= 0.6 is 0 Å². The number of hydrogen-bond acceptors (Lipinski definition) is 4. The van der Waals surface area contributed by atoms with E-state index in [0.29, 0.717) is 5.69 Å². The van der Waals surface area contributed by atoms with Crippen molar-refractivity contribution in [1.29, 1.82) is 0 Å². The molecule has 0 radical (unpaired) electrons. The fourth-order valence-corrected chi connectivity index (χ4v) is 1.96. The average Bonchev–Trinajstić information content (AvgIpc) is 2.23. The van der Waals surface area contributed by atoms with Crippen molar-refractivity contribution < 1.29 is 13.2 Å². The van der Waals surface area contributed by atoms with Gasteiger partial charge in [0.25, 0.3) is 0 Å². The fraction of sp³-hybridized carbons (Fsp3) is 0.417. The minimum Gasteiger partial charge on any atom is -0.375 e. The summed E-state index contributed by atoms with van der Waals surface area (Å²) in [6, 6.07) is 5.68. The number of aldehydes is 1.